The van der Waals surface area contributed by atoms with Crippen molar-refractivity contribution in [1.82, 2.24) is 4.90 Å². The van der Waals surface area contributed by atoms with Crippen LogP contribution in [0.1, 0.15) is 30.9 Å². The Bertz CT molecular complexity index is 487. The topological polar surface area (TPSA) is 29.3 Å². The van der Waals surface area contributed by atoms with Gasteiger partial charge < -0.3 is 5.73 Å². The summed E-state index contributed by atoms with van der Waals surface area (Å²) < 4.78 is 13.6. The molecule has 1 heterocycles. The molecule has 1 fully saturated rings. The van der Waals surface area contributed by atoms with Gasteiger partial charge >= 0.3 is 0 Å². The second kappa shape index (κ2) is 6.70. The summed E-state index contributed by atoms with van der Waals surface area (Å²) in [5.41, 5.74) is 7.05. The maximum atomic E-state index is 13.6. The van der Waals surface area contributed by atoms with E-state index in [1.54, 1.807) is 6.07 Å². The van der Waals surface area contributed by atoms with Gasteiger partial charge in [0, 0.05) is 18.7 Å². The highest BCUT2D eigenvalue weighted by molar-refractivity contribution is 5.38. The summed E-state index contributed by atoms with van der Waals surface area (Å²) in [6.45, 7) is 5.58. The van der Waals surface area contributed by atoms with E-state index in [0.29, 0.717) is 12.1 Å². The fourth-order valence-corrected chi connectivity index (χ4v) is 2.66. The molecule has 0 spiro atoms. The van der Waals surface area contributed by atoms with Crippen LogP contribution in [0.5, 0.6) is 0 Å². The molecular weight excluding hydrogens is 239 g/mol. The molecular formula is C16H21FN2. The van der Waals surface area contributed by atoms with Gasteiger partial charge in [-0.05, 0) is 49.1 Å². The molecule has 1 aromatic carbocycles. The van der Waals surface area contributed by atoms with Crippen molar-refractivity contribution in [2.75, 3.05) is 19.6 Å². The quantitative estimate of drug-likeness (QED) is 0.827. The van der Waals surface area contributed by atoms with Crippen molar-refractivity contribution in [3.05, 3.63) is 35.1 Å². The number of hydrogen-bond acceptors (Lipinski definition) is 2. The fraction of sp³-hybridized carbons (Fsp3) is 0.500. The molecule has 2 N–H and O–H groups in total. The van der Waals surface area contributed by atoms with Crippen molar-refractivity contribution in [1.29, 1.82) is 0 Å². The number of likely N-dealkylation sites (tertiary alicyclic amines) is 1. The number of nitrogens with two attached hydrogens (primary N) is 1. The lowest BCUT2D eigenvalue weighted by Crippen LogP contribution is -2.33. The lowest BCUT2D eigenvalue weighted by molar-refractivity contribution is 0.176. The van der Waals surface area contributed by atoms with Crippen LogP contribution in [0.2, 0.25) is 0 Å². The van der Waals surface area contributed by atoms with E-state index >= 15 is 0 Å². The van der Waals surface area contributed by atoms with E-state index in [4.69, 9.17) is 5.73 Å². The summed E-state index contributed by atoms with van der Waals surface area (Å²) in [5.74, 6) is 6.18. The van der Waals surface area contributed by atoms with Crippen LogP contribution in [-0.4, -0.2) is 24.5 Å². The summed E-state index contributed by atoms with van der Waals surface area (Å²) in [4.78, 5) is 2.39. The normalized spacial score (nSPS) is 19.8. The number of halogens is 1. The standard InChI is InChI=1S/C16H21FN2/c1-13-4-3-7-19(11-13)12-15-8-14(5-2-6-18)9-16(17)10-15/h8-10,13H,3-4,6-7,11-12,18H2,1H3. The zero-order chi connectivity index (χ0) is 13.7. The van der Waals surface area contributed by atoms with Gasteiger partial charge in [0.05, 0.1) is 6.54 Å². The Morgan fingerprint density at radius 2 is 2.26 bits per heavy atom. The Kier molecular flexibility index (Phi) is 4.95. The second-order valence-corrected chi connectivity index (χ2v) is 5.34. The van der Waals surface area contributed by atoms with Crippen molar-refractivity contribution in [3.8, 4) is 11.8 Å². The van der Waals surface area contributed by atoms with Gasteiger partial charge in [0.1, 0.15) is 5.82 Å². The summed E-state index contributed by atoms with van der Waals surface area (Å²) in [7, 11) is 0. The third-order valence-corrected chi connectivity index (χ3v) is 3.44. The highest BCUT2D eigenvalue weighted by Gasteiger charge is 2.16. The summed E-state index contributed by atoms with van der Waals surface area (Å²) >= 11 is 0. The largest absolute Gasteiger partial charge is 0.320 e. The smallest absolute Gasteiger partial charge is 0.124 e. The number of piperidine rings is 1. The van der Waals surface area contributed by atoms with Crippen molar-refractivity contribution in [2.24, 2.45) is 11.7 Å². The number of nitrogens with zero attached hydrogens (tertiary/aromatic N) is 1. The molecule has 0 aromatic heterocycles. The molecule has 2 rings (SSSR count). The van der Waals surface area contributed by atoms with Crippen LogP contribution in [0.4, 0.5) is 4.39 Å². The van der Waals surface area contributed by atoms with Crippen LogP contribution in [0, 0.1) is 23.6 Å². The predicted molar refractivity (Wildman–Crippen MR) is 76.0 cm³/mol. The van der Waals surface area contributed by atoms with Gasteiger partial charge in [-0.1, -0.05) is 18.8 Å². The molecule has 19 heavy (non-hydrogen) atoms. The molecule has 2 nitrogen and oxygen atoms in total. The molecule has 1 aromatic rings. The monoisotopic (exact) mass is 260 g/mol. The molecule has 0 bridgehead atoms. The Labute approximate surface area is 114 Å². The molecule has 1 aliphatic heterocycles. The van der Waals surface area contributed by atoms with Crippen molar-refractivity contribution < 1.29 is 4.39 Å². The first-order valence-electron chi connectivity index (χ1n) is 6.88. The summed E-state index contributed by atoms with van der Waals surface area (Å²) in [5, 5.41) is 0. The first kappa shape index (κ1) is 14.0. The van der Waals surface area contributed by atoms with Crippen LogP contribution in [0.15, 0.2) is 18.2 Å². The summed E-state index contributed by atoms with van der Waals surface area (Å²) in [6, 6.07) is 5.03. The second-order valence-electron chi connectivity index (χ2n) is 5.34. The lowest BCUT2D eigenvalue weighted by Gasteiger charge is -2.30. The molecule has 1 aliphatic rings. The molecule has 3 heteroatoms. The van der Waals surface area contributed by atoms with E-state index in [9.17, 15) is 4.39 Å². The molecule has 1 unspecified atom stereocenters. The Morgan fingerprint density at radius 3 is 3.00 bits per heavy atom. The zero-order valence-corrected chi connectivity index (χ0v) is 11.5. The van der Waals surface area contributed by atoms with E-state index in [-0.39, 0.29) is 5.82 Å². The fourth-order valence-electron chi connectivity index (χ4n) is 2.66. The SMILES string of the molecule is CC1CCCN(Cc2cc(F)cc(C#CCN)c2)C1. The van der Waals surface area contributed by atoms with Crippen LogP contribution in [-0.2, 0) is 6.54 Å². The van der Waals surface area contributed by atoms with Gasteiger partial charge in [0.15, 0.2) is 0 Å². The Hall–Kier alpha value is -1.37. The molecule has 1 atom stereocenters. The van der Waals surface area contributed by atoms with Crippen molar-refractivity contribution in [2.45, 2.75) is 26.3 Å². The highest BCUT2D eigenvalue weighted by atomic mass is 19.1. The van der Waals surface area contributed by atoms with Crippen LogP contribution in [0.3, 0.4) is 0 Å². The van der Waals surface area contributed by atoms with Gasteiger partial charge in [0.25, 0.3) is 0 Å². The third kappa shape index (κ3) is 4.34. The average Bonchev–Trinajstić information content (AvgIpc) is 2.35. The predicted octanol–water partition coefficient (Wildman–Crippen LogP) is 2.37. The maximum Gasteiger partial charge on any atom is 0.124 e. The number of benzene rings is 1. The van der Waals surface area contributed by atoms with E-state index in [1.165, 1.54) is 18.9 Å². The van der Waals surface area contributed by atoms with Gasteiger partial charge in [-0.3, -0.25) is 4.90 Å². The maximum absolute atomic E-state index is 13.6. The zero-order valence-electron chi connectivity index (χ0n) is 11.5. The molecule has 0 aliphatic carbocycles. The van der Waals surface area contributed by atoms with Crippen LogP contribution >= 0.6 is 0 Å². The minimum atomic E-state index is -0.219. The van der Waals surface area contributed by atoms with E-state index < -0.39 is 0 Å². The van der Waals surface area contributed by atoms with Gasteiger partial charge in [0.2, 0.25) is 0 Å². The molecule has 102 valence electrons. The van der Waals surface area contributed by atoms with Crippen molar-refractivity contribution in [3.63, 3.8) is 0 Å². The number of rotatable bonds is 2. The van der Waals surface area contributed by atoms with Gasteiger partial charge in [-0.25, -0.2) is 4.39 Å². The lowest BCUT2D eigenvalue weighted by atomic mass is 9.99. The average molecular weight is 260 g/mol. The van der Waals surface area contributed by atoms with Crippen LogP contribution < -0.4 is 5.73 Å². The van der Waals surface area contributed by atoms with Gasteiger partial charge in [-0.15, -0.1) is 0 Å². The van der Waals surface area contributed by atoms with Crippen molar-refractivity contribution >= 4 is 0 Å². The molecule has 0 radical (unpaired) electrons. The first-order valence-corrected chi connectivity index (χ1v) is 6.88. The Balaban J connectivity index is 2.09. The first-order chi connectivity index (χ1) is 9.17. The third-order valence-electron chi connectivity index (χ3n) is 3.44. The van der Waals surface area contributed by atoms with E-state index in [2.05, 4.69) is 23.7 Å². The van der Waals surface area contributed by atoms with E-state index in [1.807, 2.05) is 6.07 Å². The Morgan fingerprint density at radius 1 is 1.42 bits per heavy atom. The molecule has 0 amide bonds. The molecule has 0 saturated carbocycles. The van der Waals surface area contributed by atoms with E-state index in [0.717, 1.165) is 31.1 Å². The minimum Gasteiger partial charge on any atom is -0.320 e. The minimum absolute atomic E-state index is 0.219. The highest BCUT2D eigenvalue weighted by Crippen LogP contribution is 2.18. The van der Waals surface area contributed by atoms with Crippen LogP contribution in [0.25, 0.3) is 0 Å². The molecule has 1 saturated heterocycles. The summed E-state index contributed by atoms with van der Waals surface area (Å²) in [6.07, 6.45) is 2.53. The number of hydrogen-bond donors (Lipinski definition) is 1. The van der Waals surface area contributed by atoms with Gasteiger partial charge in [-0.2, -0.15) is 0 Å².